The third-order valence-electron chi connectivity index (χ3n) is 1.64. The third-order valence-corrected chi connectivity index (χ3v) is 1.64. The maximum absolute atomic E-state index is 5.15. The van der Waals surface area contributed by atoms with Gasteiger partial charge in [-0.1, -0.05) is 13.8 Å². The second-order valence-corrected chi connectivity index (χ2v) is 2.38. The Hall–Kier alpha value is -1.23. The van der Waals surface area contributed by atoms with E-state index < -0.39 is 0 Å². The minimum absolute atomic E-state index is 0.379. The van der Waals surface area contributed by atoms with Crippen LogP contribution in [-0.4, -0.2) is 15.2 Å². The first-order valence-electron chi connectivity index (χ1n) is 4.00. The Morgan fingerprint density at radius 3 is 2.33 bits per heavy atom. The molecule has 66 valence electrons. The van der Waals surface area contributed by atoms with Crippen LogP contribution in [0.5, 0.6) is 0 Å². The molecule has 5 heteroatoms. The van der Waals surface area contributed by atoms with Crippen molar-refractivity contribution >= 4 is 5.95 Å². The van der Waals surface area contributed by atoms with Gasteiger partial charge < -0.3 is 0 Å². The molecule has 1 heterocycles. The standard InChI is InChI=1S/C7H13N5/c1-3-5-6(4-2)11-12-7(9-5)10-8/h3-4,8H2,1-2H3,(H,9,10,12). The van der Waals surface area contributed by atoms with Crippen LogP contribution in [0.3, 0.4) is 0 Å². The van der Waals surface area contributed by atoms with Gasteiger partial charge in [-0.05, 0) is 12.8 Å². The first-order valence-corrected chi connectivity index (χ1v) is 4.00. The molecule has 0 amide bonds. The summed E-state index contributed by atoms with van der Waals surface area (Å²) in [5.74, 6) is 5.53. The number of hydrazine groups is 1. The van der Waals surface area contributed by atoms with Gasteiger partial charge >= 0.3 is 0 Å². The second kappa shape index (κ2) is 3.96. The molecule has 1 rings (SSSR count). The van der Waals surface area contributed by atoms with Crippen molar-refractivity contribution in [3.05, 3.63) is 11.4 Å². The van der Waals surface area contributed by atoms with E-state index in [0.29, 0.717) is 5.95 Å². The first kappa shape index (κ1) is 8.86. The Morgan fingerprint density at radius 1 is 1.17 bits per heavy atom. The molecule has 0 aliphatic rings. The van der Waals surface area contributed by atoms with Crippen LogP contribution in [0.2, 0.25) is 0 Å². The molecule has 0 spiro atoms. The van der Waals surface area contributed by atoms with Gasteiger partial charge in [-0.2, -0.15) is 0 Å². The number of nitrogen functional groups attached to an aromatic ring is 1. The van der Waals surface area contributed by atoms with Gasteiger partial charge in [0.25, 0.3) is 5.95 Å². The quantitative estimate of drug-likeness (QED) is 0.499. The maximum atomic E-state index is 5.15. The van der Waals surface area contributed by atoms with E-state index in [-0.39, 0.29) is 0 Å². The molecule has 0 fully saturated rings. The fraction of sp³-hybridized carbons (Fsp3) is 0.571. The highest BCUT2D eigenvalue weighted by molar-refractivity contribution is 5.23. The molecule has 0 aromatic carbocycles. The summed E-state index contributed by atoms with van der Waals surface area (Å²) < 4.78 is 0. The number of nitrogens with two attached hydrogens (primary N) is 1. The van der Waals surface area contributed by atoms with E-state index >= 15 is 0 Å². The van der Waals surface area contributed by atoms with Crippen LogP contribution < -0.4 is 11.3 Å². The summed E-state index contributed by atoms with van der Waals surface area (Å²) in [6.07, 6.45) is 1.71. The van der Waals surface area contributed by atoms with Gasteiger partial charge in [0.2, 0.25) is 0 Å². The zero-order valence-corrected chi connectivity index (χ0v) is 7.33. The second-order valence-electron chi connectivity index (χ2n) is 2.38. The van der Waals surface area contributed by atoms with Gasteiger partial charge in [0, 0.05) is 0 Å². The largest absolute Gasteiger partial charge is 0.291 e. The van der Waals surface area contributed by atoms with Crippen LogP contribution in [0.15, 0.2) is 0 Å². The van der Waals surface area contributed by atoms with Crippen molar-refractivity contribution in [2.75, 3.05) is 5.43 Å². The first-order chi connectivity index (χ1) is 5.81. The maximum Gasteiger partial charge on any atom is 0.257 e. The van der Waals surface area contributed by atoms with E-state index in [2.05, 4.69) is 20.6 Å². The smallest absolute Gasteiger partial charge is 0.257 e. The SMILES string of the molecule is CCc1nnc(NN)nc1CC. The molecule has 1 aromatic rings. The predicted molar refractivity (Wildman–Crippen MR) is 46.4 cm³/mol. The number of hydrogen-bond acceptors (Lipinski definition) is 5. The Morgan fingerprint density at radius 2 is 1.83 bits per heavy atom. The lowest BCUT2D eigenvalue weighted by atomic mass is 10.2. The lowest BCUT2D eigenvalue weighted by Crippen LogP contribution is -2.14. The highest BCUT2D eigenvalue weighted by atomic mass is 15.3. The Balaban J connectivity index is 3.02. The van der Waals surface area contributed by atoms with Crippen molar-refractivity contribution in [2.24, 2.45) is 5.84 Å². The summed E-state index contributed by atoms with van der Waals surface area (Å²) in [7, 11) is 0. The van der Waals surface area contributed by atoms with Crippen LogP contribution >= 0.6 is 0 Å². The van der Waals surface area contributed by atoms with E-state index in [1.54, 1.807) is 0 Å². The van der Waals surface area contributed by atoms with Crippen molar-refractivity contribution in [1.82, 2.24) is 15.2 Å². The minimum atomic E-state index is 0.379. The molecule has 0 aliphatic heterocycles. The van der Waals surface area contributed by atoms with Crippen molar-refractivity contribution in [1.29, 1.82) is 0 Å². The fourth-order valence-electron chi connectivity index (χ4n) is 0.999. The molecule has 0 saturated heterocycles. The molecule has 5 nitrogen and oxygen atoms in total. The number of anilines is 1. The number of aromatic nitrogens is 3. The zero-order chi connectivity index (χ0) is 8.97. The van der Waals surface area contributed by atoms with E-state index in [0.717, 1.165) is 24.2 Å². The Bertz CT molecular complexity index is 260. The molecular formula is C7H13N5. The van der Waals surface area contributed by atoms with Crippen molar-refractivity contribution in [2.45, 2.75) is 26.7 Å². The van der Waals surface area contributed by atoms with E-state index in [9.17, 15) is 0 Å². The number of nitrogens with zero attached hydrogens (tertiary/aromatic N) is 3. The Kier molecular flexibility index (Phi) is 2.93. The molecule has 0 radical (unpaired) electrons. The Labute approximate surface area is 71.4 Å². The number of aryl methyl sites for hydroxylation is 2. The summed E-state index contributed by atoms with van der Waals surface area (Å²) in [6.45, 7) is 4.06. The number of rotatable bonds is 3. The van der Waals surface area contributed by atoms with Crippen molar-refractivity contribution in [3.8, 4) is 0 Å². The lowest BCUT2D eigenvalue weighted by molar-refractivity contribution is 0.823. The highest BCUT2D eigenvalue weighted by Crippen LogP contribution is 2.05. The fourth-order valence-corrected chi connectivity index (χ4v) is 0.999. The zero-order valence-electron chi connectivity index (χ0n) is 7.33. The molecule has 3 N–H and O–H groups in total. The summed E-state index contributed by atoms with van der Waals surface area (Å²) in [5, 5.41) is 7.76. The summed E-state index contributed by atoms with van der Waals surface area (Å²) in [4.78, 5) is 4.17. The summed E-state index contributed by atoms with van der Waals surface area (Å²) in [6, 6.07) is 0. The van der Waals surface area contributed by atoms with E-state index in [1.807, 2.05) is 13.8 Å². The molecule has 0 aliphatic carbocycles. The van der Waals surface area contributed by atoms with Gasteiger partial charge in [-0.15, -0.1) is 10.2 Å². The molecule has 1 aromatic heterocycles. The van der Waals surface area contributed by atoms with Gasteiger partial charge in [-0.3, -0.25) is 5.43 Å². The molecule has 0 saturated carbocycles. The third kappa shape index (κ3) is 1.68. The number of nitrogens with one attached hydrogen (secondary N) is 1. The van der Waals surface area contributed by atoms with Gasteiger partial charge in [0.1, 0.15) is 0 Å². The lowest BCUT2D eigenvalue weighted by Gasteiger charge is -2.03. The number of hydrogen-bond donors (Lipinski definition) is 2. The van der Waals surface area contributed by atoms with Crippen LogP contribution in [-0.2, 0) is 12.8 Å². The average molecular weight is 167 g/mol. The topological polar surface area (TPSA) is 76.7 Å². The van der Waals surface area contributed by atoms with Crippen LogP contribution in [0.25, 0.3) is 0 Å². The predicted octanol–water partition coefficient (Wildman–Crippen LogP) is 0.282. The molecule has 0 unspecified atom stereocenters. The van der Waals surface area contributed by atoms with Crippen LogP contribution in [0.4, 0.5) is 5.95 Å². The van der Waals surface area contributed by atoms with Crippen LogP contribution in [0, 0.1) is 0 Å². The molecule has 12 heavy (non-hydrogen) atoms. The summed E-state index contributed by atoms with van der Waals surface area (Å²) >= 11 is 0. The molecule has 0 atom stereocenters. The van der Waals surface area contributed by atoms with Crippen molar-refractivity contribution in [3.63, 3.8) is 0 Å². The van der Waals surface area contributed by atoms with Crippen LogP contribution in [0.1, 0.15) is 25.2 Å². The monoisotopic (exact) mass is 167 g/mol. The highest BCUT2D eigenvalue weighted by Gasteiger charge is 2.03. The minimum Gasteiger partial charge on any atom is -0.291 e. The molecular weight excluding hydrogens is 154 g/mol. The van der Waals surface area contributed by atoms with Crippen molar-refractivity contribution < 1.29 is 0 Å². The van der Waals surface area contributed by atoms with Gasteiger partial charge in [0.15, 0.2) is 0 Å². The van der Waals surface area contributed by atoms with E-state index in [1.165, 1.54) is 0 Å². The van der Waals surface area contributed by atoms with Gasteiger partial charge in [0.05, 0.1) is 11.4 Å². The normalized spacial score (nSPS) is 9.92. The molecule has 0 bridgehead atoms. The van der Waals surface area contributed by atoms with E-state index in [4.69, 9.17) is 5.84 Å². The van der Waals surface area contributed by atoms with Gasteiger partial charge in [-0.25, -0.2) is 10.8 Å². The summed E-state index contributed by atoms with van der Waals surface area (Å²) in [5.41, 5.74) is 4.27. The average Bonchev–Trinajstić information content (AvgIpc) is 2.16.